The second-order valence-corrected chi connectivity index (χ2v) is 6.31. The molecule has 7 nitrogen and oxygen atoms in total. The Hall–Kier alpha value is -2.74. The van der Waals surface area contributed by atoms with Gasteiger partial charge in [-0.2, -0.15) is 0 Å². The van der Waals surface area contributed by atoms with E-state index in [1.165, 1.54) is 28.8 Å². The van der Waals surface area contributed by atoms with Gasteiger partial charge < -0.3 is 19.1 Å². The van der Waals surface area contributed by atoms with Crippen LogP contribution in [0.3, 0.4) is 0 Å². The summed E-state index contributed by atoms with van der Waals surface area (Å²) >= 11 is 1.25. The number of thioether (sulfide) groups is 1. The van der Waals surface area contributed by atoms with Crippen molar-refractivity contribution in [2.75, 3.05) is 32.6 Å². The number of hydrogen-bond acceptors (Lipinski definition) is 7. The van der Waals surface area contributed by atoms with Crippen molar-refractivity contribution in [1.29, 1.82) is 0 Å². The largest absolute Gasteiger partial charge is 0.496 e. The van der Waals surface area contributed by atoms with E-state index in [9.17, 15) is 14.4 Å². The zero-order chi connectivity index (χ0) is 19.6. The molecule has 0 N–H and O–H groups in total. The molecule has 1 aliphatic heterocycles. The molecule has 0 unspecified atom stereocenters. The lowest BCUT2D eigenvalue weighted by Crippen LogP contribution is -2.29. The fourth-order valence-corrected chi connectivity index (χ4v) is 3.26. The van der Waals surface area contributed by atoms with Crippen LogP contribution in [-0.4, -0.2) is 55.4 Å². The van der Waals surface area contributed by atoms with Gasteiger partial charge >= 0.3 is 11.9 Å². The van der Waals surface area contributed by atoms with Crippen molar-refractivity contribution in [2.45, 2.75) is 6.92 Å². The van der Waals surface area contributed by atoms with Crippen molar-refractivity contribution in [1.82, 2.24) is 4.90 Å². The minimum atomic E-state index is -0.531. The molecule has 0 bridgehead atoms. The second kappa shape index (κ2) is 10.4. The van der Waals surface area contributed by atoms with Crippen LogP contribution in [-0.2, 0) is 23.9 Å². The molecule has 0 radical (unpaired) electrons. The zero-order valence-electron chi connectivity index (χ0n) is 15.2. The predicted molar refractivity (Wildman–Crippen MR) is 102 cm³/mol. The summed E-state index contributed by atoms with van der Waals surface area (Å²) in [6.45, 7) is 2.16. The van der Waals surface area contributed by atoms with Gasteiger partial charge in [-0.1, -0.05) is 30.0 Å². The van der Waals surface area contributed by atoms with Crippen molar-refractivity contribution in [2.24, 2.45) is 0 Å². The Morgan fingerprint density at radius 3 is 2.74 bits per heavy atom. The summed E-state index contributed by atoms with van der Waals surface area (Å²) in [4.78, 5) is 36.8. The summed E-state index contributed by atoms with van der Waals surface area (Å²) in [5.74, 6) is -0.286. The van der Waals surface area contributed by atoms with Gasteiger partial charge in [0.1, 0.15) is 12.4 Å². The standard InChI is InChI=1S/C19H21NO6S/c1-3-25-19(23)12-17-20(16(21)13-27-17)10-11-26-18(22)9-8-14-6-4-5-7-15(14)24-2/h4-9,12H,3,10-11,13H2,1-2H3/b9-8+,17-12-. The van der Waals surface area contributed by atoms with Crippen LogP contribution in [0.15, 0.2) is 41.4 Å². The van der Waals surface area contributed by atoms with Gasteiger partial charge in [0.05, 0.1) is 37.1 Å². The number of ether oxygens (including phenoxy) is 3. The number of para-hydroxylation sites is 1. The number of carbonyl (C=O) groups excluding carboxylic acids is 3. The Balaban J connectivity index is 1.87. The Labute approximate surface area is 161 Å². The van der Waals surface area contributed by atoms with Crippen molar-refractivity contribution >= 4 is 35.7 Å². The molecule has 0 atom stereocenters. The highest BCUT2D eigenvalue weighted by molar-refractivity contribution is 8.04. The van der Waals surface area contributed by atoms with E-state index < -0.39 is 11.9 Å². The maximum Gasteiger partial charge on any atom is 0.333 e. The van der Waals surface area contributed by atoms with Crippen molar-refractivity contribution < 1.29 is 28.6 Å². The average Bonchev–Trinajstić information content (AvgIpc) is 3.00. The number of nitrogens with zero attached hydrogens (tertiary/aromatic N) is 1. The highest BCUT2D eigenvalue weighted by Crippen LogP contribution is 2.28. The number of carbonyl (C=O) groups is 3. The monoisotopic (exact) mass is 391 g/mol. The van der Waals surface area contributed by atoms with E-state index >= 15 is 0 Å². The molecule has 1 saturated heterocycles. The number of methoxy groups -OCH3 is 1. The summed E-state index contributed by atoms with van der Waals surface area (Å²) in [6, 6.07) is 7.27. The third-order valence-electron chi connectivity index (χ3n) is 3.54. The van der Waals surface area contributed by atoms with E-state index in [-0.39, 0.29) is 31.4 Å². The van der Waals surface area contributed by atoms with E-state index in [0.29, 0.717) is 10.8 Å². The third kappa shape index (κ3) is 6.18. The Bertz CT molecular complexity index is 758. The molecule has 27 heavy (non-hydrogen) atoms. The highest BCUT2D eigenvalue weighted by atomic mass is 32.2. The van der Waals surface area contributed by atoms with Gasteiger partial charge in [0.25, 0.3) is 0 Å². The van der Waals surface area contributed by atoms with Crippen LogP contribution < -0.4 is 4.74 Å². The molecule has 1 heterocycles. The van der Waals surface area contributed by atoms with Crippen molar-refractivity contribution in [3.8, 4) is 5.75 Å². The molecule has 1 aliphatic rings. The Kier molecular flexibility index (Phi) is 7.94. The fraction of sp³-hybridized carbons (Fsp3) is 0.316. The van der Waals surface area contributed by atoms with Crippen LogP contribution in [0.2, 0.25) is 0 Å². The number of benzene rings is 1. The molecule has 1 fully saturated rings. The van der Waals surface area contributed by atoms with Gasteiger partial charge in [-0.05, 0) is 19.1 Å². The maximum atomic E-state index is 11.9. The lowest BCUT2D eigenvalue weighted by Gasteiger charge is -2.16. The summed E-state index contributed by atoms with van der Waals surface area (Å²) in [7, 11) is 1.55. The van der Waals surface area contributed by atoms with Gasteiger partial charge in [-0.3, -0.25) is 4.79 Å². The van der Waals surface area contributed by atoms with E-state index in [1.807, 2.05) is 18.2 Å². The lowest BCUT2D eigenvalue weighted by molar-refractivity contribution is -0.140. The van der Waals surface area contributed by atoms with E-state index in [2.05, 4.69) is 0 Å². The van der Waals surface area contributed by atoms with E-state index in [0.717, 1.165) is 5.56 Å². The van der Waals surface area contributed by atoms with Crippen molar-refractivity contribution in [3.05, 3.63) is 47.0 Å². The molecule has 0 saturated carbocycles. The van der Waals surface area contributed by atoms with Gasteiger partial charge in [0.15, 0.2) is 0 Å². The molecule has 0 spiro atoms. The SMILES string of the molecule is CCOC(=O)/C=C1\SCC(=O)N1CCOC(=O)/C=C/c1ccccc1OC. The number of amides is 1. The van der Waals surface area contributed by atoms with Crippen molar-refractivity contribution in [3.63, 3.8) is 0 Å². The zero-order valence-corrected chi connectivity index (χ0v) is 16.0. The molecule has 8 heteroatoms. The number of hydrogen-bond donors (Lipinski definition) is 0. The highest BCUT2D eigenvalue weighted by Gasteiger charge is 2.27. The van der Waals surface area contributed by atoms with E-state index in [4.69, 9.17) is 14.2 Å². The molecule has 1 amide bonds. The summed E-state index contributed by atoms with van der Waals surface area (Å²) < 4.78 is 15.2. The molecular weight excluding hydrogens is 370 g/mol. The number of esters is 2. The van der Waals surface area contributed by atoms with Gasteiger partial charge in [0.2, 0.25) is 5.91 Å². The molecule has 1 aromatic carbocycles. The van der Waals surface area contributed by atoms with Crippen LogP contribution in [0.4, 0.5) is 0 Å². The first-order valence-corrected chi connectivity index (χ1v) is 9.33. The topological polar surface area (TPSA) is 82.1 Å². The van der Waals surface area contributed by atoms with Gasteiger partial charge in [-0.25, -0.2) is 9.59 Å². The molecule has 1 aromatic rings. The van der Waals surface area contributed by atoms with Gasteiger partial charge in [-0.15, -0.1) is 0 Å². The fourth-order valence-electron chi connectivity index (χ4n) is 2.30. The molecular formula is C19H21NO6S. The first-order chi connectivity index (χ1) is 13.0. The maximum absolute atomic E-state index is 11.9. The molecule has 144 valence electrons. The van der Waals surface area contributed by atoms with Crippen LogP contribution in [0.25, 0.3) is 6.08 Å². The van der Waals surface area contributed by atoms with E-state index in [1.54, 1.807) is 26.2 Å². The first kappa shape index (κ1) is 20.6. The Morgan fingerprint density at radius 1 is 1.22 bits per heavy atom. The quantitative estimate of drug-likeness (QED) is 0.496. The smallest absolute Gasteiger partial charge is 0.333 e. The minimum Gasteiger partial charge on any atom is -0.496 e. The predicted octanol–water partition coefficient (Wildman–Crippen LogP) is 2.23. The summed E-state index contributed by atoms with van der Waals surface area (Å²) in [6.07, 6.45) is 4.18. The summed E-state index contributed by atoms with van der Waals surface area (Å²) in [5, 5.41) is 0.499. The van der Waals surface area contributed by atoms with Crippen LogP contribution in [0.5, 0.6) is 5.75 Å². The summed E-state index contributed by atoms with van der Waals surface area (Å²) in [5.41, 5.74) is 0.753. The van der Waals surface area contributed by atoms with Crippen LogP contribution in [0, 0.1) is 0 Å². The van der Waals surface area contributed by atoms with Crippen LogP contribution in [0.1, 0.15) is 12.5 Å². The molecule has 2 rings (SSSR count). The van der Waals surface area contributed by atoms with Crippen LogP contribution >= 0.6 is 11.8 Å². The lowest BCUT2D eigenvalue weighted by atomic mass is 10.2. The molecule has 0 aromatic heterocycles. The second-order valence-electron chi connectivity index (χ2n) is 5.31. The van der Waals surface area contributed by atoms with Gasteiger partial charge in [0, 0.05) is 11.6 Å². The average molecular weight is 391 g/mol. The number of rotatable bonds is 8. The third-order valence-corrected chi connectivity index (χ3v) is 4.56. The molecule has 0 aliphatic carbocycles. The Morgan fingerprint density at radius 2 is 2.00 bits per heavy atom. The first-order valence-electron chi connectivity index (χ1n) is 8.34. The normalized spacial score (nSPS) is 15.4. The minimum absolute atomic E-state index is 0.0154.